The van der Waals surface area contributed by atoms with Gasteiger partial charge < -0.3 is 10.1 Å². The van der Waals surface area contributed by atoms with Gasteiger partial charge in [0, 0.05) is 26.5 Å². The predicted molar refractivity (Wildman–Crippen MR) is 101 cm³/mol. The Morgan fingerprint density at radius 3 is 2.50 bits per heavy atom. The van der Waals surface area contributed by atoms with Crippen molar-refractivity contribution in [2.24, 2.45) is 0 Å². The number of nitrogens with one attached hydrogen (secondary N) is 1. The van der Waals surface area contributed by atoms with E-state index in [-0.39, 0.29) is 5.91 Å². The number of halogens is 1. The molecule has 1 heterocycles. The summed E-state index contributed by atoms with van der Waals surface area (Å²) in [5.41, 5.74) is 2.89. The normalized spacial score (nSPS) is 10.2. The number of hydrogen-bond acceptors (Lipinski definition) is 4. The molecule has 0 spiro atoms. The molecule has 3 aromatic rings. The van der Waals surface area contributed by atoms with Gasteiger partial charge in [0.05, 0.1) is 12.8 Å². The van der Waals surface area contributed by atoms with Gasteiger partial charge in [-0.25, -0.2) is 0 Å². The zero-order chi connectivity index (χ0) is 16.9. The summed E-state index contributed by atoms with van der Waals surface area (Å²) in [6.07, 6.45) is 0. The van der Waals surface area contributed by atoms with Crippen LogP contribution in [0.25, 0.3) is 11.3 Å². The van der Waals surface area contributed by atoms with Crippen molar-refractivity contribution in [2.75, 3.05) is 12.4 Å². The molecule has 0 aliphatic carbocycles. The van der Waals surface area contributed by atoms with E-state index in [2.05, 4.69) is 38.1 Å². The van der Waals surface area contributed by atoms with E-state index in [1.54, 1.807) is 25.3 Å². The Bertz CT molecular complexity index is 849. The molecular formula is C18H14IN3O2. The molecule has 0 aliphatic rings. The largest absolute Gasteiger partial charge is 0.480 e. The van der Waals surface area contributed by atoms with Crippen molar-refractivity contribution in [1.29, 1.82) is 0 Å². The van der Waals surface area contributed by atoms with Crippen LogP contribution in [0.3, 0.4) is 0 Å². The van der Waals surface area contributed by atoms with Crippen LogP contribution in [0.2, 0.25) is 0 Å². The second-order valence-electron chi connectivity index (χ2n) is 5.00. The summed E-state index contributed by atoms with van der Waals surface area (Å²) in [5.74, 6) is 0.311. The fourth-order valence-electron chi connectivity index (χ4n) is 2.14. The summed E-state index contributed by atoms with van der Waals surface area (Å²) in [6, 6.07) is 18.5. The third kappa shape index (κ3) is 3.88. The molecule has 1 aromatic heterocycles. The monoisotopic (exact) mass is 431 g/mol. The van der Waals surface area contributed by atoms with Gasteiger partial charge in [-0.05, 0) is 65.1 Å². The molecule has 1 amide bonds. The second-order valence-corrected chi connectivity index (χ2v) is 6.25. The molecule has 0 saturated heterocycles. The Balaban J connectivity index is 1.79. The lowest BCUT2D eigenvalue weighted by atomic mass is 10.1. The van der Waals surface area contributed by atoms with Crippen molar-refractivity contribution in [3.8, 4) is 17.1 Å². The molecule has 0 bridgehead atoms. The lowest BCUT2D eigenvalue weighted by Crippen LogP contribution is -2.11. The van der Waals surface area contributed by atoms with Gasteiger partial charge in [-0.1, -0.05) is 12.1 Å². The van der Waals surface area contributed by atoms with Crippen LogP contribution in [0.5, 0.6) is 5.88 Å². The molecule has 24 heavy (non-hydrogen) atoms. The highest BCUT2D eigenvalue weighted by Gasteiger charge is 2.07. The van der Waals surface area contributed by atoms with Gasteiger partial charge in [0.25, 0.3) is 5.91 Å². The van der Waals surface area contributed by atoms with Crippen molar-refractivity contribution in [3.63, 3.8) is 0 Å². The molecule has 0 saturated carbocycles. The highest BCUT2D eigenvalue weighted by molar-refractivity contribution is 14.1. The lowest BCUT2D eigenvalue weighted by Gasteiger charge is -2.07. The van der Waals surface area contributed by atoms with Crippen LogP contribution in [0.1, 0.15) is 10.4 Å². The van der Waals surface area contributed by atoms with E-state index in [1.807, 2.05) is 42.5 Å². The fraction of sp³-hybridized carbons (Fsp3) is 0.0556. The summed E-state index contributed by atoms with van der Waals surface area (Å²) in [6.45, 7) is 0. The molecule has 2 aromatic carbocycles. The highest BCUT2D eigenvalue weighted by Crippen LogP contribution is 2.22. The van der Waals surface area contributed by atoms with Gasteiger partial charge >= 0.3 is 0 Å². The number of carbonyl (C=O) groups excluding carboxylic acids is 1. The Kier molecular flexibility index (Phi) is 5.05. The summed E-state index contributed by atoms with van der Waals surface area (Å²) in [7, 11) is 1.55. The quantitative estimate of drug-likeness (QED) is 0.635. The number of methoxy groups -OCH3 is 1. The molecule has 3 rings (SSSR count). The van der Waals surface area contributed by atoms with Gasteiger partial charge in [0.2, 0.25) is 5.88 Å². The zero-order valence-corrected chi connectivity index (χ0v) is 15.0. The van der Waals surface area contributed by atoms with E-state index < -0.39 is 0 Å². The van der Waals surface area contributed by atoms with E-state index in [9.17, 15) is 4.79 Å². The number of benzene rings is 2. The minimum Gasteiger partial charge on any atom is -0.480 e. The molecule has 120 valence electrons. The van der Waals surface area contributed by atoms with Crippen LogP contribution in [0.15, 0.2) is 60.7 Å². The maximum atomic E-state index is 12.3. The van der Waals surface area contributed by atoms with Gasteiger partial charge in [0.15, 0.2) is 0 Å². The van der Waals surface area contributed by atoms with Crippen molar-refractivity contribution in [2.45, 2.75) is 0 Å². The SMILES string of the molecule is COc1ccc(-c2cccc(NC(=O)c3ccc(I)cc3)c2)nn1. The molecular weight excluding hydrogens is 417 g/mol. The van der Waals surface area contributed by atoms with Gasteiger partial charge in [-0.15, -0.1) is 10.2 Å². The van der Waals surface area contributed by atoms with E-state index in [4.69, 9.17) is 4.74 Å². The molecule has 6 heteroatoms. The number of nitrogens with zero attached hydrogens (tertiary/aromatic N) is 2. The first-order valence-corrected chi connectivity index (χ1v) is 8.28. The maximum absolute atomic E-state index is 12.3. The minimum atomic E-state index is -0.149. The van der Waals surface area contributed by atoms with Gasteiger partial charge in [0.1, 0.15) is 0 Å². The maximum Gasteiger partial charge on any atom is 0.255 e. The average molecular weight is 431 g/mol. The van der Waals surface area contributed by atoms with Crippen LogP contribution in [0, 0.1) is 3.57 Å². The number of anilines is 1. The van der Waals surface area contributed by atoms with Crippen molar-refractivity contribution in [1.82, 2.24) is 10.2 Å². The minimum absolute atomic E-state index is 0.149. The Morgan fingerprint density at radius 1 is 1.04 bits per heavy atom. The fourth-order valence-corrected chi connectivity index (χ4v) is 2.50. The van der Waals surface area contributed by atoms with Crippen LogP contribution in [-0.2, 0) is 0 Å². The van der Waals surface area contributed by atoms with E-state index >= 15 is 0 Å². The number of carbonyl (C=O) groups is 1. The van der Waals surface area contributed by atoms with Crippen molar-refractivity contribution < 1.29 is 9.53 Å². The number of rotatable bonds is 4. The zero-order valence-electron chi connectivity index (χ0n) is 12.9. The van der Waals surface area contributed by atoms with Crippen LogP contribution in [-0.4, -0.2) is 23.2 Å². The molecule has 1 N–H and O–H groups in total. The predicted octanol–water partition coefficient (Wildman–Crippen LogP) is 4.01. The van der Waals surface area contributed by atoms with E-state index in [1.165, 1.54) is 0 Å². The number of aromatic nitrogens is 2. The molecule has 0 unspecified atom stereocenters. The van der Waals surface area contributed by atoms with Gasteiger partial charge in [-0.3, -0.25) is 4.79 Å². The summed E-state index contributed by atoms with van der Waals surface area (Å²) >= 11 is 2.21. The number of ether oxygens (including phenoxy) is 1. The van der Waals surface area contributed by atoms with Crippen LogP contribution >= 0.6 is 22.6 Å². The Hall–Kier alpha value is -2.48. The smallest absolute Gasteiger partial charge is 0.255 e. The summed E-state index contributed by atoms with van der Waals surface area (Å²) in [4.78, 5) is 12.3. The molecule has 0 atom stereocenters. The molecule has 0 aliphatic heterocycles. The second kappa shape index (κ2) is 7.39. The first-order chi connectivity index (χ1) is 11.7. The van der Waals surface area contributed by atoms with E-state index in [0.29, 0.717) is 22.8 Å². The standard InChI is InChI=1S/C18H14IN3O2/c1-24-17-10-9-16(21-22-17)13-3-2-4-15(11-13)20-18(23)12-5-7-14(19)8-6-12/h2-11H,1H3,(H,20,23). The first-order valence-electron chi connectivity index (χ1n) is 7.21. The Morgan fingerprint density at radius 2 is 1.83 bits per heavy atom. The molecule has 0 fully saturated rings. The molecule has 0 radical (unpaired) electrons. The number of hydrogen-bond donors (Lipinski definition) is 1. The third-order valence-corrected chi connectivity index (χ3v) is 4.09. The average Bonchev–Trinajstić information content (AvgIpc) is 2.62. The first kappa shape index (κ1) is 16.4. The highest BCUT2D eigenvalue weighted by atomic mass is 127. The Labute approximate surface area is 153 Å². The van der Waals surface area contributed by atoms with Crippen molar-refractivity contribution in [3.05, 3.63) is 69.8 Å². The van der Waals surface area contributed by atoms with Crippen LogP contribution in [0.4, 0.5) is 5.69 Å². The van der Waals surface area contributed by atoms with Crippen LogP contribution < -0.4 is 10.1 Å². The van der Waals surface area contributed by atoms with Crippen molar-refractivity contribution >= 4 is 34.2 Å². The van der Waals surface area contributed by atoms with E-state index in [0.717, 1.165) is 9.13 Å². The topological polar surface area (TPSA) is 64.1 Å². The third-order valence-electron chi connectivity index (χ3n) is 3.37. The lowest BCUT2D eigenvalue weighted by molar-refractivity contribution is 0.102. The van der Waals surface area contributed by atoms with Gasteiger partial charge in [-0.2, -0.15) is 0 Å². The number of amides is 1. The summed E-state index contributed by atoms with van der Waals surface area (Å²) in [5, 5.41) is 11.0. The summed E-state index contributed by atoms with van der Waals surface area (Å²) < 4.78 is 6.09. The molecule has 5 nitrogen and oxygen atoms in total.